The van der Waals surface area contributed by atoms with Crippen molar-refractivity contribution in [1.82, 2.24) is 9.80 Å². The molecular formula is C17H22N2O3. The molecule has 0 N–H and O–H groups in total. The number of carbonyl (C=O) groups is 2. The van der Waals surface area contributed by atoms with Gasteiger partial charge in [0.1, 0.15) is 6.61 Å². The van der Waals surface area contributed by atoms with E-state index in [1.807, 2.05) is 49.1 Å². The van der Waals surface area contributed by atoms with Gasteiger partial charge >= 0.3 is 6.09 Å². The molecule has 0 radical (unpaired) electrons. The third kappa shape index (κ3) is 2.80. The van der Waals surface area contributed by atoms with E-state index in [0.717, 1.165) is 18.7 Å². The van der Waals surface area contributed by atoms with Crippen LogP contribution in [0.3, 0.4) is 0 Å². The van der Waals surface area contributed by atoms with Gasteiger partial charge in [-0.3, -0.25) is 4.79 Å². The Hall–Kier alpha value is -2.04. The standard InChI is InChI=1S/C17H22N2O3/c1-13(2)15(20)18-9-17(10-18)11-19(12-17)16(21)22-8-14-6-4-3-5-7-14/h3-7,13H,8-12H2,1-2H3. The van der Waals surface area contributed by atoms with Crippen molar-refractivity contribution in [3.8, 4) is 0 Å². The molecule has 1 spiro atoms. The van der Waals surface area contributed by atoms with E-state index in [-0.39, 0.29) is 23.3 Å². The van der Waals surface area contributed by atoms with Gasteiger partial charge in [0.15, 0.2) is 0 Å². The number of carbonyl (C=O) groups excluding carboxylic acids is 2. The van der Waals surface area contributed by atoms with Crippen LogP contribution in [0, 0.1) is 11.3 Å². The first-order valence-electron chi connectivity index (χ1n) is 7.73. The summed E-state index contributed by atoms with van der Waals surface area (Å²) in [5, 5.41) is 0. The minimum absolute atomic E-state index is 0.0457. The number of hydrogen-bond acceptors (Lipinski definition) is 3. The first kappa shape index (κ1) is 14.9. The van der Waals surface area contributed by atoms with Crippen LogP contribution in [-0.4, -0.2) is 48.0 Å². The van der Waals surface area contributed by atoms with Gasteiger partial charge in [-0.2, -0.15) is 0 Å². The number of rotatable bonds is 3. The van der Waals surface area contributed by atoms with E-state index in [0.29, 0.717) is 19.7 Å². The Morgan fingerprint density at radius 3 is 2.27 bits per heavy atom. The molecule has 2 amide bonds. The Morgan fingerprint density at radius 2 is 1.68 bits per heavy atom. The summed E-state index contributed by atoms with van der Waals surface area (Å²) >= 11 is 0. The van der Waals surface area contributed by atoms with E-state index >= 15 is 0 Å². The van der Waals surface area contributed by atoms with Gasteiger partial charge < -0.3 is 14.5 Å². The van der Waals surface area contributed by atoms with Crippen LogP contribution in [0.4, 0.5) is 4.79 Å². The summed E-state index contributed by atoms with van der Waals surface area (Å²) in [6.07, 6.45) is -0.261. The van der Waals surface area contributed by atoms with Crippen LogP contribution in [0.1, 0.15) is 19.4 Å². The average Bonchev–Trinajstić information content (AvgIpc) is 2.42. The lowest BCUT2D eigenvalue weighted by molar-refractivity contribution is -0.159. The Kier molecular flexibility index (Phi) is 3.81. The van der Waals surface area contributed by atoms with Gasteiger partial charge in [0, 0.05) is 37.5 Å². The highest BCUT2D eigenvalue weighted by atomic mass is 16.6. The Morgan fingerprint density at radius 1 is 1.09 bits per heavy atom. The molecule has 0 atom stereocenters. The molecule has 2 heterocycles. The van der Waals surface area contributed by atoms with Gasteiger partial charge in [-0.1, -0.05) is 44.2 Å². The zero-order valence-electron chi connectivity index (χ0n) is 13.1. The van der Waals surface area contributed by atoms with Crippen LogP contribution in [0.25, 0.3) is 0 Å². The van der Waals surface area contributed by atoms with Crippen molar-refractivity contribution in [2.24, 2.45) is 11.3 Å². The van der Waals surface area contributed by atoms with Crippen molar-refractivity contribution in [3.05, 3.63) is 35.9 Å². The van der Waals surface area contributed by atoms with Gasteiger partial charge in [-0.25, -0.2) is 4.79 Å². The second-order valence-corrected chi connectivity index (χ2v) is 6.75. The molecule has 0 bridgehead atoms. The molecule has 0 saturated carbocycles. The number of ether oxygens (including phenoxy) is 1. The molecule has 22 heavy (non-hydrogen) atoms. The molecule has 2 saturated heterocycles. The van der Waals surface area contributed by atoms with Gasteiger partial charge in [0.2, 0.25) is 5.91 Å². The van der Waals surface area contributed by atoms with E-state index in [1.165, 1.54) is 0 Å². The van der Waals surface area contributed by atoms with Crippen molar-refractivity contribution in [2.75, 3.05) is 26.2 Å². The summed E-state index contributed by atoms with van der Waals surface area (Å²) in [5.41, 5.74) is 1.11. The monoisotopic (exact) mass is 302 g/mol. The first-order chi connectivity index (χ1) is 10.5. The number of benzene rings is 1. The highest BCUT2D eigenvalue weighted by Gasteiger charge is 2.55. The maximum absolute atomic E-state index is 12.0. The number of amides is 2. The molecule has 2 aliphatic heterocycles. The van der Waals surface area contributed by atoms with Crippen molar-refractivity contribution < 1.29 is 14.3 Å². The molecule has 1 aromatic carbocycles. The van der Waals surface area contributed by atoms with Gasteiger partial charge in [0.05, 0.1) is 0 Å². The normalized spacial score (nSPS) is 18.9. The van der Waals surface area contributed by atoms with E-state index in [2.05, 4.69) is 0 Å². The van der Waals surface area contributed by atoms with Crippen LogP contribution in [-0.2, 0) is 16.1 Å². The highest BCUT2D eigenvalue weighted by molar-refractivity contribution is 5.79. The molecule has 3 rings (SSSR count). The minimum atomic E-state index is -0.261. The molecule has 2 fully saturated rings. The van der Waals surface area contributed by atoms with Crippen LogP contribution in [0.5, 0.6) is 0 Å². The van der Waals surface area contributed by atoms with Crippen LogP contribution in [0.2, 0.25) is 0 Å². The third-order valence-electron chi connectivity index (χ3n) is 4.37. The van der Waals surface area contributed by atoms with E-state index in [4.69, 9.17) is 4.74 Å². The number of hydrogen-bond donors (Lipinski definition) is 0. The predicted octanol–water partition coefficient (Wildman–Crippen LogP) is 2.12. The fraction of sp³-hybridized carbons (Fsp3) is 0.529. The minimum Gasteiger partial charge on any atom is -0.445 e. The third-order valence-corrected chi connectivity index (χ3v) is 4.37. The maximum atomic E-state index is 12.0. The van der Waals surface area contributed by atoms with Crippen molar-refractivity contribution in [1.29, 1.82) is 0 Å². The molecule has 5 heteroatoms. The molecule has 2 aliphatic rings. The second-order valence-electron chi connectivity index (χ2n) is 6.75. The fourth-order valence-electron chi connectivity index (χ4n) is 3.19. The summed E-state index contributed by atoms with van der Waals surface area (Å²) in [4.78, 5) is 27.4. The Labute approximate surface area is 130 Å². The molecule has 0 aromatic heterocycles. The summed E-state index contributed by atoms with van der Waals surface area (Å²) in [5.74, 6) is 0.250. The average molecular weight is 302 g/mol. The number of nitrogens with zero attached hydrogens (tertiary/aromatic N) is 2. The largest absolute Gasteiger partial charge is 0.445 e. The molecule has 5 nitrogen and oxygen atoms in total. The maximum Gasteiger partial charge on any atom is 0.410 e. The first-order valence-corrected chi connectivity index (χ1v) is 7.73. The van der Waals surface area contributed by atoms with E-state index in [1.54, 1.807) is 4.90 Å². The predicted molar refractivity (Wildman–Crippen MR) is 82.1 cm³/mol. The van der Waals surface area contributed by atoms with Gasteiger partial charge in [-0.15, -0.1) is 0 Å². The SMILES string of the molecule is CC(C)C(=O)N1CC2(CN(C(=O)OCc3ccccc3)C2)C1. The summed E-state index contributed by atoms with van der Waals surface area (Å²) in [6, 6.07) is 9.66. The lowest BCUT2D eigenvalue weighted by Crippen LogP contribution is -2.73. The molecule has 0 unspecified atom stereocenters. The number of likely N-dealkylation sites (tertiary alicyclic amines) is 2. The van der Waals surface area contributed by atoms with Gasteiger partial charge in [0.25, 0.3) is 0 Å². The second kappa shape index (κ2) is 5.63. The van der Waals surface area contributed by atoms with Crippen LogP contribution < -0.4 is 0 Å². The van der Waals surface area contributed by atoms with E-state index < -0.39 is 0 Å². The van der Waals surface area contributed by atoms with Crippen molar-refractivity contribution >= 4 is 12.0 Å². The topological polar surface area (TPSA) is 49.9 Å². The Bertz CT molecular complexity index is 557. The quantitative estimate of drug-likeness (QED) is 0.859. The Balaban J connectivity index is 1.41. The van der Waals surface area contributed by atoms with Crippen molar-refractivity contribution in [3.63, 3.8) is 0 Å². The van der Waals surface area contributed by atoms with E-state index in [9.17, 15) is 9.59 Å². The fourth-order valence-corrected chi connectivity index (χ4v) is 3.19. The highest BCUT2D eigenvalue weighted by Crippen LogP contribution is 2.40. The zero-order valence-corrected chi connectivity index (χ0v) is 13.1. The summed E-state index contributed by atoms with van der Waals surface area (Å²) in [6.45, 7) is 7.08. The van der Waals surface area contributed by atoms with Crippen LogP contribution in [0.15, 0.2) is 30.3 Å². The lowest BCUT2D eigenvalue weighted by atomic mass is 9.72. The lowest BCUT2D eigenvalue weighted by Gasteiger charge is -2.59. The molecular weight excluding hydrogens is 280 g/mol. The van der Waals surface area contributed by atoms with Crippen LogP contribution >= 0.6 is 0 Å². The summed E-state index contributed by atoms with van der Waals surface area (Å²) in [7, 11) is 0. The smallest absolute Gasteiger partial charge is 0.410 e. The van der Waals surface area contributed by atoms with Crippen molar-refractivity contribution in [2.45, 2.75) is 20.5 Å². The zero-order chi connectivity index (χ0) is 15.7. The summed E-state index contributed by atoms with van der Waals surface area (Å²) < 4.78 is 5.31. The molecule has 1 aromatic rings. The molecule has 118 valence electrons. The molecule has 0 aliphatic carbocycles. The van der Waals surface area contributed by atoms with Gasteiger partial charge in [-0.05, 0) is 5.56 Å².